The Morgan fingerprint density at radius 1 is 0.703 bits per heavy atom. The fraction of sp³-hybridized carbons (Fsp3) is 1.00. The highest BCUT2D eigenvalue weighted by Crippen LogP contribution is 2.41. The molecule has 0 aromatic carbocycles. The molecule has 3 unspecified atom stereocenters. The van der Waals surface area contributed by atoms with Crippen molar-refractivity contribution in [2.24, 2.45) is 17.2 Å². The van der Waals surface area contributed by atoms with Crippen LogP contribution in [0.15, 0.2) is 0 Å². The molecule has 0 saturated carbocycles. The van der Waals surface area contributed by atoms with E-state index >= 15 is 0 Å². The molecule has 0 aromatic heterocycles. The first-order chi connectivity index (χ1) is 17.1. The van der Waals surface area contributed by atoms with E-state index in [1.807, 2.05) is 0 Å². The van der Waals surface area contributed by atoms with Crippen LogP contribution in [0.1, 0.15) is 0 Å². The first kappa shape index (κ1) is 30.8. The maximum Gasteiger partial charge on any atom is 0.278 e. The summed E-state index contributed by atoms with van der Waals surface area (Å²) in [4.78, 5) is 0. The second-order valence-electron chi connectivity index (χ2n) is 9.16. The fourth-order valence-electron chi connectivity index (χ4n) is 4.28. The molecule has 3 aliphatic rings. The molecule has 19 nitrogen and oxygen atoms in total. The molecule has 0 amide bonds. The number of hydrogen-bond donors (Lipinski definition) is 14. The maximum absolute atomic E-state index is 10.8. The van der Waals surface area contributed by atoms with Gasteiger partial charge in [0.2, 0.25) is 5.79 Å². The number of nitrogens with two attached hydrogens (primary N) is 3. The summed E-state index contributed by atoms with van der Waals surface area (Å²) in [6.45, 7) is -3.19. The van der Waals surface area contributed by atoms with Gasteiger partial charge in [-0.1, -0.05) is 0 Å². The number of aliphatic hydroxyl groups excluding tert-OH is 6. The van der Waals surface area contributed by atoms with Gasteiger partial charge in [0, 0.05) is 0 Å². The van der Waals surface area contributed by atoms with Gasteiger partial charge in [0.25, 0.3) is 11.6 Å². The highest BCUT2D eigenvalue weighted by molar-refractivity contribution is 5.06. The van der Waals surface area contributed by atoms with Crippen LogP contribution in [0.2, 0.25) is 0 Å². The van der Waals surface area contributed by atoms with Gasteiger partial charge in [0.05, 0.1) is 25.3 Å². The van der Waals surface area contributed by atoms with E-state index in [0.29, 0.717) is 0 Å². The van der Waals surface area contributed by atoms with Gasteiger partial charge >= 0.3 is 0 Å². The van der Waals surface area contributed by atoms with Crippen molar-refractivity contribution >= 4 is 0 Å². The molecular weight excluding hydrogens is 514 g/mol. The number of ether oxygens (including phenoxy) is 5. The van der Waals surface area contributed by atoms with Crippen molar-refractivity contribution in [3.8, 4) is 0 Å². The van der Waals surface area contributed by atoms with Gasteiger partial charge < -0.3 is 97.1 Å². The molecule has 37 heavy (non-hydrogen) atoms. The van der Waals surface area contributed by atoms with Crippen molar-refractivity contribution in [2.75, 3.05) is 19.8 Å². The topological polar surface area (TPSA) is 347 Å². The van der Waals surface area contributed by atoms with Crippen LogP contribution in [-0.4, -0.2) is 167 Å². The van der Waals surface area contributed by atoms with Crippen molar-refractivity contribution in [3.63, 3.8) is 0 Å². The second kappa shape index (κ2) is 11.0. The van der Waals surface area contributed by atoms with Crippen LogP contribution >= 0.6 is 0 Å². The Morgan fingerprint density at radius 2 is 1.19 bits per heavy atom. The van der Waals surface area contributed by atoms with Crippen LogP contribution in [0.4, 0.5) is 0 Å². The third-order valence-electron chi connectivity index (χ3n) is 6.75. The summed E-state index contributed by atoms with van der Waals surface area (Å²) in [5.41, 5.74) is 17.3. The lowest BCUT2D eigenvalue weighted by molar-refractivity contribution is -0.522. The van der Waals surface area contributed by atoms with E-state index in [2.05, 4.69) is 0 Å². The molecule has 218 valence electrons. The summed E-state index contributed by atoms with van der Waals surface area (Å²) in [5, 5.41) is 110. The molecule has 0 bridgehead atoms. The molecule has 3 aliphatic heterocycles. The third kappa shape index (κ3) is 5.12. The number of aliphatic hydroxyl groups is 11. The maximum atomic E-state index is 10.8. The predicted octanol–water partition coefficient (Wildman–Crippen LogP) is -9.71. The lowest BCUT2D eigenvalue weighted by Crippen LogP contribution is -2.82. The Balaban J connectivity index is 1.79. The Bertz CT molecular complexity index is 769. The van der Waals surface area contributed by atoms with E-state index < -0.39 is 111 Å². The van der Waals surface area contributed by atoms with Crippen molar-refractivity contribution in [3.05, 3.63) is 0 Å². The Labute approximate surface area is 208 Å². The highest BCUT2D eigenvalue weighted by Gasteiger charge is 2.71. The highest BCUT2D eigenvalue weighted by atomic mass is 16.8. The Hall–Kier alpha value is -0.760. The molecule has 0 radical (unpaired) electrons. The lowest BCUT2D eigenvalue weighted by atomic mass is 9.87. The zero-order valence-electron chi connectivity index (χ0n) is 19.2. The molecule has 0 spiro atoms. The third-order valence-corrected chi connectivity index (χ3v) is 6.75. The second-order valence-corrected chi connectivity index (χ2v) is 9.16. The first-order valence-electron chi connectivity index (χ1n) is 11.1. The summed E-state index contributed by atoms with van der Waals surface area (Å²) in [6, 6.07) is -5.11. The molecule has 0 aliphatic carbocycles. The van der Waals surface area contributed by atoms with E-state index in [4.69, 9.17) is 40.9 Å². The van der Waals surface area contributed by atoms with E-state index in [1.54, 1.807) is 0 Å². The molecule has 17 N–H and O–H groups in total. The predicted molar refractivity (Wildman–Crippen MR) is 111 cm³/mol. The molecule has 3 heterocycles. The number of hydrogen-bond acceptors (Lipinski definition) is 19. The quantitative estimate of drug-likeness (QED) is 0.131. The number of rotatable bonds is 7. The van der Waals surface area contributed by atoms with Crippen LogP contribution in [0.5, 0.6) is 0 Å². The Kier molecular flexibility index (Phi) is 9.16. The van der Waals surface area contributed by atoms with Crippen molar-refractivity contribution < 1.29 is 79.9 Å². The summed E-state index contributed by atoms with van der Waals surface area (Å²) >= 11 is 0. The van der Waals surface area contributed by atoms with Gasteiger partial charge in [-0.2, -0.15) is 0 Å². The van der Waals surface area contributed by atoms with Crippen LogP contribution in [-0.2, 0) is 23.7 Å². The smallest absolute Gasteiger partial charge is 0.278 e. The normalized spacial score (nSPS) is 50.1. The van der Waals surface area contributed by atoms with Gasteiger partial charge in [-0.25, -0.2) is 0 Å². The first-order valence-corrected chi connectivity index (χ1v) is 11.1. The van der Waals surface area contributed by atoms with Gasteiger partial charge in [0.15, 0.2) is 18.9 Å². The molecule has 3 saturated heterocycles. The van der Waals surface area contributed by atoms with E-state index in [-0.39, 0.29) is 0 Å². The van der Waals surface area contributed by atoms with Gasteiger partial charge in [-0.05, 0) is 0 Å². The van der Waals surface area contributed by atoms with Crippen LogP contribution in [0.3, 0.4) is 0 Å². The van der Waals surface area contributed by atoms with E-state index in [1.165, 1.54) is 0 Å². The monoisotopic (exact) mass is 549 g/mol. The average Bonchev–Trinajstić information content (AvgIpc) is 2.85. The van der Waals surface area contributed by atoms with Crippen molar-refractivity contribution in [2.45, 2.75) is 91.0 Å². The van der Waals surface area contributed by atoms with Crippen molar-refractivity contribution in [1.82, 2.24) is 0 Å². The zero-order valence-corrected chi connectivity index (χ0v) is 19.2. The van der Waals surface area contributed by atoms with Gasteiger partial charge in [-0.3, -0.25) is 0 Å². The summed E-state index contributed by atoms with van der Waals surface area (Å²) in [7, 11) is 0. The fourth-order valence-corrected chi connectivity index (χ4v) is 4.28. The molecule has 3 rings (SSSR count). The molecule has 19 heteroatoms. The SMILES string of the molecule is NC1[C@@H](OC2[C@@H](CO)O[C@@H](OC3[C@@H](CO)O[C@@H](O)[C@H](N)[C@H]3O)[C@H](N)[C@H]2O)O[C@](O)(CO)C(O)(O)C1(O)O. The molecule has 3 fully saturated rings. The Morgan fingerprint density at radius 3 is 1.70 bits per heavy atom. The summed E-state index contributed by atoms with van der Waals surface area (Å²) in [6.07, 6.45) is -14.7. The minimum absolute atomic E-state index is 0.725. The van der Waals surface area contributed by atoms with Gasteiger partial charge in [0.1, 0.15) is 49.3 Å². The molecular formula is C18H35N3O16. The minimum atomic E-state index is -3.90. The zero-order chi connectivity index (χ0) is 28.1. The average molecular weight is 549 g/mol. The van der Waals surface area contributed by atoms with E-state index in [0.717, 1.165) is 0 Å². The summed E-state index contributed by atoms with van der Waals surface area (Å²) < 4.78 is 26.5. The van der Waals surface area contributed by atoms with Crippen LogP contribution < -0.4 is 17.2 Å². The standard InChI is InChI=1S/C18H35N3O16/c19-6-8(25)10(4(1-22)33-13(6)27)35-14-7(20)9(26)11(5(2-23)34-14)36-15-12(21)17(29,30)18(31,32)16(28,3-24)37-15/h4-15,22-32H,1-3,19-21H2/t4-,5-,6-,7-,8-,9-,10?,11?,12?,13-,14+,15+,16-/m1/s1. The molecule has 13 atom stereocenters. The minimum Gasteiger partial charge on any atom is -0.394 e. The van der Waals surface area contributed by atoms with E-state index in [9.17, 15) is 56.2 Å². The van der Waals surface area contributed by atoms with Gasteiger partial charge in [-0.15, -0.1) is 0 Å². The van der Waals surface area contributed by atoms with Crippen LogP contribution in [0, 0.1) is 0 Å². The summed E-state index contributed by atoms with van der Waals surface area (Å²) in [5.74, 6) is -11.1. The lowest BCUT2D eigenvalue weighted by Gasteiger charge is -2.54. The van der Waals surface area contributed by atoms with Crippen molar-refractivity contribution in [1.29, 1.82) is 0 Å². The largest absolute Gasteiger partial charge is 0.394 e. The molecule has 0 aromatic rings. The van der Waals surface area contributed by atoms with Crippen LogP contribution in [0.25, 0.3) is 0 Å².